The van der Waals surface area contributed by atoms with Gasteiger partial charge in [0.1, 0.15) is 5.56 Å². The first kappa shape index (κ1) is 22.9. The Morgan fingerprint density at radius 2 is 1.79 bits per heavy atom. The number of aromatic nitrogens is 1. The molecule has 0 saturated heterocycles. The van der Waals surface area contributed by atoms with E-state index in [1.54, 1.807) is 43.5 Å². The van der Waals surface area contributed by atoms with Gasteiger partial charge in [-0.05, 0) is 56.3 Å². The molecular formula is C26H23N3O5. The van der Waals surface area contributed by atoms with E-state index in [4.69, 9.17) is 9.15 Å². The van der Waals surface area contributed by atoms with Crippen LogP contribution >= 0.6 is 0 Å². The Kier molecular flexibility index (Phi) is 6.51. The van der Waals surface area contributed by atoms with Crippen molar-refractivity contribution < 1.29 is 23.8 Å². The number of aliphatic hydroxyl groups is 1. The zero-order chi connectivity index (χ0) is 24.2. The van der Waals surface area contributed by atoms with Crippen molar-refractivity contribution in [1.82, 2.24) is 4.98 Å². The molecule has 0 saturated carbocycles. The largest absolute Gasteiger partial charge is 0.465 e. The summed E-state index contributed by atoms with van der Waals surface area (Å²) in [4.78, 5) is 33.8. The van der Waals surface area contributed by atoms with Crippen LogP contribution in [0.3, 0.4) is 0 Å². The van der Waals surface area contributed by atoms with Crippen LogP contribution in [0.25, 0.3) is 11.0 Å². The Balaban J connectivity index is 1.82. The number of hydrogen-bond acceptors (Lipinski definition) is 7. The van der Waals surface area contributed by atoms with Gasteiger partial charge in [0.15, 0.2) is 5.58 Å². The zero-order valence-electron chi connectivity index (χ0n) is 19.0. The van der Waals surface area contributed by atoms with Crippen LogP contribution in [-0.2, 0) is 11.3 Å². The highest BCUT2D eigenvalue weighted by molar-refractivity contribution is 6.06. The molecule has 8 heteroatoms. The van der Waals surface area contributed by atoms with E-state index in [1.165, 1.54) is 7.11 Å². The number of benzene rings is 2. The summed E-state index contributed by atoms with van der Waals surface area (Å²) in [5, 5.41) is 13.1. The van der Waals surface area contributed by atoms with Crippen LogP contribution in [0.2, 0.25) is 0 Å². The Bertz CT molecular complexity index is 1440. The van der Waals surface area contributed by atoms with E-state index >= 15 is 0 Å². The minimum atomic E-state index is -0.467. The van der Waals surface area contributed by atoms with Gasteiger partial charge in [0.2, 0.25) is 5.55 Å². The number of methoxy groups -OCH3 is 1. The number of rotatable bonds is 5. The standard InChI is InChI=1S/C26H23N3O5/c1-15-4-8-20(9-5-15)29-25-22(12-21-18(14-30)13-27-16(2)23(21)34-25)24(31)28-19-10-6-17(7-11-19)26(32)33-3/h4-13,30H,14H2,1-3H3,(H,28,31). The molecule has 2 aromatic carbocycles. The van der Waals surface area contributed by atoms with Crippen molar-refractivity contribution in [1.29, 1.82) is 0 Å². The van der Waals surface area contributed by atoms with E-state index < -0.39 is 11.9 Å². The Hall–Kier alpha value is -4.30. The number of aliphatic hydroxyl groups excluding tert-OH is 1. The lowest BCUT2D eigenvalue weighted by molar-refractivity contribution is 0.0600. The number of anilines is 1. The number of esters is 1. The molecule has 0 radical (unpaired) electrons. The molecule has 172 valence electrons. The van der Waals surface area contributed by atoms with E-state index in [1.807, 2.05) is 31.2 Å². The van der Waals surface area contributed by atoms with Gasteiger partial charge in [-0.15, -0.1) is 0 Å². The lowest BCUT2D eigenvalue weighted by Crippen LogP contribution is -2.22. The highest BCUT2D eigenvalue weighted by Gasteiger charge is 2.17. The molecular weight excluding hydrogens is 434 g/mol. The van der Waals surface area contributed by atoms with Crippen molar-refractivity contribution in [2.45, 2.75) is 20.5 Å². The number of hydrogen-bond donors (Lipinski definition) is 2. The van der Waals surface area contributed by atoms with Crippen molar-refractivity contribution in [2.75, 3.05) is 12.4 Å². The molecule has 0 aliphatic carbocycles. The highest BCUT2D eigenvalue weighted by atomic mass is 16.5. The number of nitrogens with zero attached hydrogens (tertiary/aromatic N) is 2. The van der Waals surface area contributed by atoms with Crippen LogP contribution in [0.5, 0.6) is 0 Å². The predicted molar refractivity (Wildman–Crippen MR) is 127 cm³/mol. The van der Waals surface area contributed by atoms with E-state index in [9.17, 15) is 14.7 Å². The maximum absolute atomic E-state index is 13.3. The average molecular weight is 457 g/mol. The predicted octanol–water partition coefficient (Wildman–Crippen LogP) is 4.21. The van der Waals surface area contributed by atoms with Gasteiger partial charge in [0.05, 0.1) is 30.7 Å². The number of ether oxygens (including phenoxy) is 1. The molecule has 0 unspecified atom stereocenters. The number of pyridine rings is 1. The monoisotopic (exact) mass is 457 g/mol. The summed E-state index contributed by atoms with van der Waals surface area (Å²) in [5.41, 5.74) is 4.42. The van der Waals surface area contributed by atoms with Gasteiger partial charge in [-0.2, -0.15) is 0 Å². The van der Waals surface area contributed by atoms with Gasteiger partial charge < -0.3 is 19.6 Å². The molecule has 0 fully saturated rings. The molecule has 0 aliphatic heterocycles. The van der Waals surface area contributed by atoms with Crippen molar-refractivity contribution in [2.24, 2.45) is 4.99 Å². The third-order valence-electron chi connectivity index (χ3n) is 5.29. The number of fused-ring (bicyclic) bond motifs is 1. The Labute approximate surface area is 195 Å². The number of amides is 1. The highest BCUT2D eigenvalue weighted by Crippen LogP contribution is 2.22. The lowest BCUT2D eigenvalue weighted by Gasteiger charge is -2.10. The second-order valence-corrected chi connectivity index (χ2v) is 7.71. The topological polar surface area (TPSA) is 114 Å². The molecule has 2 heterocycles. The van der Waals surface area contributed by atoms with Gasteiger partial charge in [-0.25, -0.2) is 9.79 Å². The fourth-order valence-electron chi connectivity index (χ4n) is 3.40. The van der Waals surface area contributed by atoms with Gasteiger partial charge in [0.25, 0.3) is 5.91 Å². The summed E-state index contributed by atoms with van der Waals surface area (Å²) < 4.78 is 10.8. The minimum Gasteiger partial charge on any atom is -0.465 e. The minimum absolute atomic E-state index is 0.111. The molecule has 1 amide bonds. The fraction of sp³-hybridized carbons (Fsp3) is 0.154. The number of aryl methyl sites for hydroxylation is 2. The van der Waals surface area contributed by atoms with Crippen LogP contribution in [0.15, 0.2) is 70.2 Å². The van der Waals surface area contributed by atoms with E-state index in [0.29, 0.717) is 39.2 Å². The summed E-state index contributed by atoms with van der Waals surface area (Å²) in [6, 6.07) is 15.5. The molecule has 0 atom stereocenters. The summed E-state index contributed by atoms with van der Waals surface area (Å²) in [7, 11) is 1.30. The Morgan fingerprint density at radius 1 is 1.09 bits per heavy atom. The normalized spacial score (nSPS) is 11.5. The SMILES string of the molecule is COC(=O)c1ccc(NC(=O)c2cc3c(CO)cnc(C)c3oc2=Nc2ccc(C)cc2)cc1. The molecule has 4 rings (SSSR count). The van der Waals surface area contributed by atoms with E-state index in [-0.39, 0.29) is 17.7 Å². The van der Waals surface area contributed by atoms with E-state index in [0.717, 1.165) is 5.56 Å². The van der Waals surface area contributed by atoms with Crippen molar-refractivity contribution in [3.8, 4) is 0 Å². The average Bonchev–Trinajstić information content (AvgIpc) is 2.85. The first-order valence-electron chi connectivity index (χ1n) is 10.5. The molecule has 0 aliphatic rings. The molecule has 2 N–H and O–H groups in total. The third kappa shape index (κ3) is 4.72. The van der Waals surface area contributed by atoms with Crippen LogP contribution in [-0.4, -0.2) is 29.1 Å². The zero-order valence-corrected chi connectivity index (χ0v) is 19.0. The summed E-state index contributed by atoms with van der Waals surface area (Å²) in [6.45, 7) is 3.50. The van der Waals surface area contributed by atoms with Crippen LogP contribution in [0.1, 0.15) is 37.5 Å². The van der Waals surface area contributed by atoms with Gasteiger partial charge in [-0.1, -0.05) is 17.7 Å². The number of carbonyl (C=O) groups is 2. The first-order valence-corrected chi connectivity index (χ1v) is 10.5. The second-order valence-electron chi connectivity index (χ2n) is 7.71. The first-order chi connectivity index (χ1) is 16.4. The fourth-order valence-corrected chi connectivity index (χ4v) is 3.40. The summed E-state index contributed by atoms with van der Waals surface area (Å²) in [6.07, 6.45) is 1.55. The molecule has 0 spiro atoms. The smallest absolute Gasteiger partial charge is 0.337 e. The van der Waals surface area contributed by atoms with Gasteiger partial charge in [0, 0.05) is 22.8 Å². The maximum Gasteiger partial charge on any atom is 0.337 e. The van der Waals surface area contributed by atoms with Gasteiger partial charge in [-0.3, -0.25) is 9.78 Å². The number of carbonyl (C=O) groups excluding carboxylic acids is 2. The Morgan fingerprint density at radius 3 is 2.44 bits per heavy atom. The molecule has 2 aromatic heterocycles. The van der Waals surface area contributed by atoms with Crippen molar-refractivity contribution in [3.05, 3.63) is 94.3 Å². The summed E-state index contributed by atoms with van der Waals surface area (Å²) in [5.74, 6) is -0.924. The quantitative estimate of drug-likeness (QED) is 0.434. The molecule has 4 aromatic rings. The molecule has 34 heavy (non-hydrogen) atoms. The third-order valence-corrected chi connectivity index (χ3v) is 5.29. The van der Waals surface area contributed by atoms with Crippen LogP contribution in [0.4, 0.5) is 11.4 Å². The second kappa shape index (κ2) is 9.68. The molecule has 0 bridgehead atoms. The van der Waals surface area contributed by atoms with Crippen molar-refractivity contribution >= 4 is 34.2 Å². The van der Waals surface area contributed by atoms with Gasteiger partial charge >= 0.3 is 5.97 Å². The molecule has 8 nitrogen and oxygen atoms in total. The maximum atomic E-state index is 13.3. The van der Waals surface area contributed by atoms with Crippen molar-refractivity contribution in [3.63, 3.8) is 0 Å². The van der Waals surface area contributed by atoms with Crippen LogP contribution in [0, 0.1) is 13.8 Å². The van der Waals surface area contributed by atoms with E-state index in [2.05, 4.69) is 15.3 Å². The van der Waals surface area contributed by atoms with Crippen LogP contribution < -0.4 is 10.9 Å². The lowest BCUT2D eigenvalue weighted by atomic mass is 10.1. The number of nitrogens with one attached hydrogen (secondary N) is 1. The summed E-state index contributed by atoms with van der Waals surface area (Å²) >= 11 is 0.